The average molecular weight is 389 g/mol. The van der Waals surface area contributed by atoms with Crippen LogP contribution in [0.3, 0.4) is 0 Å². The summed E-state index contributed by atoms with van der Waals surface area (Å²) in [7, 11) is 0. The molecule has 4 nitrogen and oxygen atoms in total. The zero-order valence-electron chi connectivity index (χ0n) is 10.6. The van der Waals surface area contributed by atoms with E-state index in [0.717, 1.165) is 8.95 Å². The summed E-state index contributed by atoms with van der Waals surface area (Å²) in [5.41, 5.74) is 7.87. The average Bonchev–Trinajstić information content (AvgIpc) is 2.73. The molecule has 0 spiro atoms. The van der Waals surface area contributed by atoms with Crippen LogP contribution in [0, 0.1) is 0 Å². The Bertz CT molecular complexity index is 596. The van der Waals surface area contributed by atoms with Gasteiger partial charge in [0, 0.05) is 21.8 Å². The van der Waals surface area contributed by atoms with Gasteiger partial charge in [-0.2, -0.15) is 5.10 Å². The van der Waals surface area contributed by atoms with Gasteiger partial charge < -0.3 is 10.8 Å². The quantitative estimate of drug-likeness (QED) is 0.788. The molecule has 1 heterocycles. The first-order chi connectivity index (χ1) is 8.91. The fourth-order valence-electron chi connectivity index (χ4n) is 1.95. The molecule has 1 atom stereocenters. The van der Waals surface area contributed by atoms with Crippen LogP contribution < -0.4 is 5.73 Å². The highest BCUT2D eigenvalue weighted by atomic mass is 79.9. The summed E-state index contributed by atoms with van der Waals surface area (Å²) in [6.45, 7) is 4.03. The highest BCUT2D eigenvalue weighted by molar-refractivity contribution is 9.10. The number of nitrogens with two attached hydrogens (primary N) is 1. The molecule has 0 saturated heterocycles. The van der Waals surface area contributed by atoms with E-state index in [0.29, 0.717) is 16.9 Å². The summed E-state index contributed by atoms with van der Waals surface area (Å²) in [6.07, 6.45) is 0.865. The van der Waals surface area contributed by atoms with Crippen LogP contribution in [-0.4, -0.2) is 14.9 Å². The molecule has 2 aromatic rings. The number of nitrogen functional groups attached to an aromatic ring is 1. The molecular formula is C13H15Br2N3O. The van der Waals surface area contributed by atoms with Gasteiger partial charge >= 0.3 is 0 Å². The van der Waals surface area contributed by atoms with Crippen molar-refractivity contribution in [2.24, 2.45) is 0 Å². The van der Waals surface area contributed by atoms with Crippen LogP contribution >= 0.6 is 31.9 Å². The number of hydrogen-bond acceptors (Lipinski definition) is 3. The summed E-state index contributed by atoms with van der Waals surface area (Å²) < 4.78 is 3.44. The van der Waals surface area contributed by atoms with Gasteiger partial charge in [-0.15, -0.1) is 0 Å². The monoisotopic (exact) mass is 387 g/mol. The Balaban J connectivity index is 2.52. The van der Waals surface area contributed by atoms with E-state index in [2.05, 4.69) is 37.0 Å². The molecule has 0 amide bonds. The van der Waals surface area contributed by atoms with Crippen LogP contribution in [0.25, 0.3) is 0 Å². The largest absolute Gasteiger partial charge is 0.398 e. The molecule has 0 fully saturated rings. The Morgan fingerprint density at radius 3 is 2.63 bits per heavy atom. The first-order valence-electron chi connectivity index (χ1n) is 5.87. The van der Waals surface area contributed by atoms with Crippen LogP contribution in [-0.2, 0) is 0 Å². The van der Waals surface area contributed by atoms with Crippen LogP contribution in [0.4, 0.5) is 5.69 Å². The second-order valence-corrected chi connectivity index (χ2v) is 6.36. The van der Waals surface area contributed by atoms with Crippen LogP contribution in [0.5, 0.6) is 0 Å². The number of rotatable bonds is 3. The maximum absolute atomic E-state index is 10.6. The minimum atomic E-state index is -0.822. The van der Waals surface area contributed by atoms with Crippen LogP contribution in [0.1, 0.15) is 37.3 Å². The molecule has 0 aliphatic rings. The van der Waals surface area contributed by atoms with Crippen LogP contribution in [0.15, 0.2) is 33.3 Å². The third-order valence-electron chi connectivity index (χ3n) is 2.88. The molecule has 3 N–H and O–H groups in total. The second-order valence-electron chi connectivity index (χ2n) is 4.59. The molecular weight excluding hydrogens is 374 g/mol. The summed E-state index contributed by atoms with van der Waals surface area (Å²) in [5.74, 6) is 0. The summed E-state index contributed by atoms with van der Waals surface area (Å²) in [5, 5.41) is 14.9. The highest BCUT2D eigenvalue weighted by Gasteiger charge is 2.22. The first kappa shape index (κ1) is 14.6. The van der Waals surface area contributed by atoms with Crippen molar-refractivity contribution in [3.05, 3.63) is 44.6 Å². The van der Waals surface area contributed by atoms with Crippen molar-refractivity contribution in [1.29, 1.82) is 0 Å². The van der Waals surface area contributed by atoms with E-state index in [9.17, 15) is 5.11 Å². The predicted octanol–water partition coefficient (Wildman–Crippen LogP) is 3.65. The minimum absolute atomic E-state index is 0.157. The molecule has 19 heavy (non-hydrogen) atoms. The number of anilines is 1. The molecule has 2 rings (SSSR count). The number of hydrogen-bond donors (Lipinski definition) is 2. The molecule has 0 aliphatic heterocycles. The Hall–Kier alpha value is -0.850. The van der Waals surface area contributed by atoms with Crippen molar-refractivity contribution in [1.82, 2.24) is 9.78 Å². The van der Waals surface area contributed by atoms with E-state index in [1.165, 1.54) is 0 Å². The minimum Gasteiger partial charge on any atom is -0.398 e. The van der Waals surface area contributed by atoms with Gasteiger partial charge in [-0.1, -0.05) is 15.9 Å². The van der Waals surface area contributed by atoms with E-state index in [1.54, 1.807) is 16.9 Å². The molecule has 1 unspecified atom stereocenters. The van der Waals surface area contributed by atoms with Crippen molar-refractivity contribution in [2.75, 3.05) is 5.73 Å². The van der Waals surface area contributed by atoms with Crippen molar-refractivity contribution in [3.8, 4) is 0 Å². The zero-order chi connectivity index (χ0) is 14.2. The Morgan fingerprint density at radius 2 is 2.00 bits per heavy atom. The summed E-state index contributed by atoms with van der Waals surface area (Å²) >= 11 is 6.82. The molecule has 0 radical (unpaired) electrons. The summed E-state index contributed by atoms with van der Waals surface area (Å²) in [4.78, 5) is 0. The Kier molecular flexibility index (Phi) is 4.32. The number of benzene rings is 1. The van der Waals surface area contributed by atoms with Gasteiger partial charge in [0.05, 0.1) is 16.4 Å². The van der Waals surface area contributed by atoms with E-state index in [4.69, 9.17) is 5.73 Å². The zero-order valence-corrected chi connectivity index (χ0v) is 13.8. The van der Waals surface area contributed by atoms with Crippen molar-refractivity contribution in [2.45, 2.75) is 26.0 Å². The first-order valence-corrected chi connectivity index (χ1v) is 7.46. The van der Waals surface area contributed by atoms with Gasteiger partial charge in [-0.3, -0.25) is 4.68 Å². The molecule has 0 aliphatic carbocycles. The van der Waals surface area contributed by atoms with Crippen LogP contribution in [0.2, 0.25) is 0 Å². The van der Waals surface area contributed by atoms with Gasteiger partial charge in [0.1, 0.15) is 6.10 Å². The number of aliphatic hydroxyl groups excluding tert-OH is 1. The SMILES string of the molecule is CC(C)n1ncc(Br)c1C(O)c1cc(Br)ccc1N. The van der Waals surface area contributed by atoms with Gasteiger partial charge in [0.25, 0.3) is 0 Å². The van der Waals surface area contributed by atoms with Crippen molar-refractivity contribution < 1.29 is 5.11 Å². The normalized spacial score (nSPS) is 12.9. The van der Waals surface area contributed by atoms with Gasteiger partial charge in [0.2, 0.25) is 0 Å². The Labute approximate surface area is 128 Å². The number of halogens is 2. The third-order valence-corrected chi connectivity index (χ3v) is 3.98. The number of aliphatic hydroxyl groups is 1. The van der Waals surface area contributed by atoms with Gasteiger partial charge in [0.15, 0.2) is 0 Å². The molecule has 0 saturated carbocycles. The smallest absolute Gasteiger partial charge is 0.124 e. The number of nitrogens with zero attached hydrogens (tertiary/aromatic N) is 2. The molecule has 102 valence electrons. The van der Waals surface area contributed by atoms with Gasteiger partial charge in [-0.25, -0.2) is 0 Å². The fourth-order valence-corrected chi connectivity index (χ4v) is 2.82. The second kappa shape index (κ2) is 5.64. The lowest BCUT2D eigenvalue weighted by Gasteiger charge is -2.18. The number of aromatic nitrogens is 2. The molecule has 6 heteroatoms. The topological polar surface area (TPSA) is 64.1 Å². The lowest BCUT2D eigenvalue weighted by atomic mass is 10.0. The maximum atomic E-state index is 10.6. The third kappa shape index (κ3) is 2.85. The Morgan fingerprint density at radius 1 is 1.32 bits per heavy atom. The lowest BCUT2D eigenvalue weighted by Crippen LogP contribution is -2.13. The van der Waals surface area contributed by atoms with E-state index >= 15 is 0 Å². The molecule has 1 aromatic carbocycles. The van der Waals surface area contributed by atoms with Gasteiger partial charge in [-0.05, 0) is 48.0 Å². The van der Waals surface area contributed by atoms with E-state index < -0.39 is 6.10 Å². The van der Waals surface area contributed by atoms with E-state index in [1.807, 2.05) is 26.0 Å². The highest BCUT2D eigenvalue weighted by Crippen LogP contribution is 2.34. The fraction of sp³-hybridized carbons (Fsp3) is 0.308. The predicted molar refractivity (Wildman–Crippen MR) is 82.9 cm³/mol. The lowest BCUT2D eigenvalue weighted by molar-refractivity contribution is 0.205. The van der Waals surface area contributed by atoms with Crippen molar-refractivity contribution >= 4 is 37.5 Å². The van der Waals surface area contributed by atoms with E-state index in [-0.39, 0.29) is 6.04 Å². The molecule has 0 bridgehead atoms. The van der Waals surface area contributed by atoms with Crippen molar-refractivity contribution in [3.63, 3.8) is 0 Å². The molecule has 1 aromatic heterocycles. The maximum Gasteiger partial charge on any atom is 0.124 e. The standard InChI is InChI=1S/C13H15Br2N3O/c1-7(2)18-12(10(15)6-17-18)13(19)9-5-8(14)3-4-11(9)16/h3-7,13,19H,16H2,1-2H3. The summed E-state index contributed by atoms with van der Waals surface area (Å²) in [6, 6.07) is 5.60.